The number of hydrogen-bond donors (Lipinski definition) is 2. The minimum atomic E-state index is -0.251. The third-order valence-electron chi connectivity index (χ3n) is 4.15. The lowest BCUT2D eigenvalue weighted by Crippen LogP contribution is -2.14. The summed E-state index contributed by atoms with van der Waals surface area (Å²) < 4.78 is 5.59. The minimum Gasteiger partial charge on any atom is -0.421 e. The first-order valence-electron chi connectivity index (χ1n) is 9.13. The van der Waals surface area contributed by atoms with Gasteiger partial charge in [-0.2, -0.15) is 11.3 Å². The monoisotopic (exact) mass is 419 g/mol. The molecule has 0 unspecified atom stereocenters. The largest absolute Gasteiger partial charge is 0.421 e. The molecule has 8 nitrogen and oxygen atoms in total. The second-order valence-corrected chi connectivity index (χ2v) is 7.11. The van der Waals surface area contributed by atoms with Crippen LogP contribution in [0.25, 0.3) is 11.5 Å². The molecule has 4 aromatic rings. The molecule has 9 heteroatoms. The molecule has 3 heterocycles. The number of hydrogen-bond acceptors (Lipinski definition) is 7. The number of aryl methyl sites for hydroxylation is 1. The molecule has 0 aliphatic rings. The summed E-state index contributed by atoms with van der Waals surface area (Å²) in [5, 5.41) is 17.4. The topological polar surface area (TPSA) is 110 Å². The van der Waals surface area contributed by atoms with Crippen LogP contribution in [0.4, 0.5) is 11.4 Å². The van der Waals surface area contributed by atoms with E-state index in [1.54, 1.807) is 60.1 Å². The first kappa shape index (κ1) is 19.5. The van der Waals surface area contributed by atoms with E-state index < -0.39 is 0 Å². The predicted molar refractivity (Wildman–Crippen MR) is 113 cm³/mol. The van der Waals surface area contributed by atoms with Crippen LogP contribution in [0.1, 0.15) is 22.7 Å². The first-order valence-corrected chi connectivity index (χ1v) is 10.1. The SMILES string of the molecule is O=C(CCc1nnc(-c2ccsc2)o1)Nc1cccc(NC(=O)c2ccncc2)c1. The fourth-order valence-corrected chi connectivity index (χ4v) is 3.31. The molecule has 4 rings (SSSR count). The molecule has 0 bridgehead atoms. The number of nitrogens with zero attached hydrogens (tertiary/aromatic N) is 3. The average molecular weight is 419 g/mol. The van der Waals surface area contributed by atoms with E-state index in [4.69, 9.17) is 4.42 Å². The van der Waals surface area contributed by atoms with Crippen LogP contribution in [-0.2, 0) is 11.2 Å². The van der Waals surface area contributed by atoms with E-state index in [0.29, 0.717) is 35.1 Å². The van der Waals surface area contributed by atoms with Gasteiger partial charge < -0.3 is 15.1 Å². The Morgan fingerprint density at radius 2 is 1.80 bits per heavy atom. The van der Waals surface area contributed by atoms with Gasteiger partial charge in [-0.15, -0.1) is 10.2 Å². The maximum absolute atomic E-state index is 12.3. The number of aromatic nitrogens is 3. The number of benzene rings is 1. The van der Waals surface area contributed by atoms with Crippen LogP contribution in [0.2, 0.25) is 0 Å². The van der Waals surface area contributed by atoms with Gasteiger partial charge in [0.25, 0.3) is 5.91 Å². The molecule has 150 valence electrons. The Balaban J connectivity index is 1.31. The quantitative estimate of drug-likeness (QED) is 0.468. The van der Waals surface area contributed by atoms with Gasteiger partial charge in [0.05, 0.1) is 0 Å². The van der Waals surface area contributed by atoms with Crippen LogP contribution in [0.15, 0.2) is 70.0 Å². The van der Waals surface area contributed by atoms with Gasteiger partial charge in [-0.1, -0.05) is 6.07 Å². The van der Waals surface area contributed by atoms with Crippen molar-refractivity contribution in [1.29, 1.82) is 0 Å². The molecule has 2 N–H and O–H groups in total. The lowest BCUT2D eigenvalue weighted by atomic mass is 10.2. The maximum Gasteiger partial charge on any atom is 0.255 e. The summed E-state index contributed by atoms with van der Waals surface area (Å²) in [6, 6.07) is 12.1. The summed E-state index contributed by atoms with van der Waals surface area (Å²) in [5.41, 5.74) is 2.53. The van der Waals surface area contributed by atoms with Gasteiger partial charge in [0.2, 0.25) is 17.7 Å². The van der Waals surface area contributed by atoms with E-state index in [1.807, 2.05) is 16.8 Å². The van der Waals surface area contributed by atoms with Crippen molar-refractivity contribution in [2.24, 2.45) is 0 Å². The van der Waals surface area contributed by atoms with Gasteiger partial charge in [-0.3, -0.25) is 14.6 Å². The Labute approximate surface area is 176 Å². The van der Waals surface area contributed by atoms with Gasteiger partial charge in [-0.25, -0.2) is 0 Å². The highest BCUT2D eigenvalue weighted by Crippen LogP contribution is 2.21. The molecule has 2 amide bonds. The van der Waals surface area contributed by atoms with E-state index in [1.165, 1.54) is 0 Å². The van der Waals surface area contributed by atoms with Gasteiger partial charge in [-0.05, 0) is 41.8 Å². The van der Waals surface area contributed by atoms with Crippen molar-refractivity contribution in [3.8, 4) is 11.5 Å². The standard InChI is InChI=1S/C21H17N5O3S/c27-18(4-5-19-25-26-21(29-19)15-8-11-30-13-15)23-16-2-1-3-17(12-16)24-20(28)14-6-9-22-10-7-14/h1-3,6-13H,4-5H2,(H,23,27)(H,24,28). The molecule has 0 atom stereocenters. The van der Waals surface area contributed by atoms with Crippen molar-refractivity contribution >= 4 is 34.5 Å². The lowest BCUT2D eigenvalue weighted by molar-refractivity contribution is -0.116. The molecule has 0 saturated heterocycles. The summed E-state index contributed by atoms with van der Waals surface area (Å²) in [6.45, 7) is 0. The van der Waals surface area contributed by atoms with Crippen molar-refractivity contribution in [3.05, 3.63) is 77.1 Å². The van der Waals surface area contributed by atoms with Crippen LogP contribution < -0.4 is 10.6 Å². The number of nitrogens with one attached hydrogen (secondary N) is 2. The summed E-state index contributed by atoms with van der Waals surface area (Å²) >= 11 is 1.55. The second kappa shape index (κ2) is 9.10. The zero-order valence-electron chi connectivity index (χ0n) is 15.7. The van der Waals surface area contributed by atoms with Gasteiger partial charge >= 0.3 is 0 Å². The second-order valence-electron chi connectivity index (χ2n) is 6.33. The molecular formula is C21H17N5O3S. The highest BCUT2D eigenvalue weighted by Gasteiger charge is 2.12. The molecular weight excluding hydrogens is 402 g/mol. The van der Waals surface area contributed by atoms with E-state index in [0.717, 1.165) is 5.56 Å². The molecule has 3 aromatic heterocycles. The van der Waals surface area contributed by atoms with Crippen molar-refractivity contribution in [2.45, 2.75) is 12.8 Å². The van der Waals surface area contributed by atoms with Crippen LogP contribution in [0.5, 0.6) is 0 Å². The van der Waals surface area contributed by atoms with E-state index >= 15 is 0 Å². The number of carbonyl (C=O) groups is 2. The average Bonchev–Trinajstić information content (AvgIpc) is 3.45. The highest BCUT2D eigenvalue weighted by molar-refractivity contribution is 7.08. The van der Waals surface area contributed by atoms with Crippen LogP contribution in [0.3, 0.4) is 0 Å². The number of amides is 2. The van der Waals surface area contributed by atoms with Crippen molar-refractivity contribution in [1.82, 2.24) is 15.2 Å². The Bertz CT molecular complexity index is 1140. The van der Waals surface area contributed by atoms with Gasteiger partial charge in [0, 0.05) is 53.1 Å². The number of carbonyl (C=O) groups excluding carboxylic acids is 2. The first-order chi connectivity index (χ1) is 14.7. The van der Waals surface area contributed by atoms with Gasteiger partial charge in [0.15, 0.2) is 0 Å². The van der Waals surface area contributed by atoms with Crippen LogP contribution >= 0.6 is 11.3 Å². The number of pyridine rings is 1. The minimum absolute atomic E-state index is 0.192. The fraction of sp³-hybridized carbons (Fsp3) is 0.0952. The summed E-state index contributed by atoms with van der Waals surface area (Å²) in [4.78, 5) is 28.4. The number of rotatable bonds is 7. The zero-order chi connectivity index (χ0) is 20.8. The van der Waals surface area contributed by atoms with E-state index in [2.05, 4.69) is 25.8 Å². The Kier molecular flexibility index (Phi) is 5.90. The Morgan fingerprint density at radius 1 is 1.00 bits per heavy atom. The highest BCUT2D eigenvalue weighted by atomic mass is 32.1. The molecule has 0 radical (unpaired) electrons. The van der Waals surface area contributed by atoms with Crippen molar-refractivity contribution in [3.63, 3.8) is 0 Å². The van der Waals surface area contributed by atoms with Crippen molar-refractivity contribution < 1.29 is 14.0 Å². The number of anilines is 2. The van der Waals surface area contributed by atoms with Crippen molar-refractivity contribution in [2.75, 3.05) is 10.6 Å². The molecule has 0 spiro atoms. The molecule has 0 aliphatic carbocycles. The summed E-state index contributed by atoms with van der Waals surface area (Å²) in [6.07, 6.45) is 3.64. The van der Waals surface area contributed by atoms with E-state index in [-0.39, 0.29) is 18.2 Å². The normalized spacial score (nSPS) is 10.5. The molecule has 0 fully saturated rings. The summed E-state index contributed by atoms with van der Waals surface area (Å²) in [5.74, 6) is 0.413. The Morgan fingerprint density at radius 3 is 2.57 bits per heavy atom. The van der Waals surface area contributed by atoms with Crippen LogP contribution in [-0.4, -0.2) is 27.0 Å². The predicted octanol–water partition coefficient (Wildman–Crippen LogP) is 4.02. The maximum atomic E-state index is 12.3. The fourth-order valence-electron chi connectivity index (χ4n) is 2.68. The lowest BCUT2D eigenvalue weighted by Gasteiger charge is -2.08. The van der Waals surface area contributed by atoms with Crippen LogP contribution in [0, 0.1) is 0 Å². The van der Waals surface area contributed by atoms with Gasteiger partial charge in [0.1, 0.15) is 0 Å². The molecule has 0 saturated carbocycles. The van der Waals surface area contributed by atoms with E-state index in [9.17, 15) is 9.59 Å². The third kappa shape index (κ3) is 4.95. The summed E-state index contributed by atoms with van der Waals surface area (Å²) in [7, 11) is 0. The molecule has 30 heavy (non-hydrogen) atoms. The smallest absolute Gasteiger partial charge is 0.255 e. The molecule has 1 aromatic carbocycles. The zero-order valence-corrected chi connectivity index (χ0v) is 16.6. The number of thiophene rings is 1. The Hall–Kier alpha value is -3.85. The molecule has 0 aliphatic heterocycles. The third-order valence-corrected chi connectivity index (χ3v) is 4.83.